The van der Waals surface area contributed by atoms with Crippen molar-refractivity contribution in [3.05, 3.63) is 71.0 Å². The lowest BCUT2D eigenvalue weighted by Crippen LogP contribution is -2.67. The number of hydrogen-bond donors (Lipinski definition) is 1. The maximum atomic E-state index is 13.7. The maximum absolute atomic E-state index is 13.7. The molecule has 39 heavy (non-hydrogen) atoms. The van der Waals surface area contributed by atoms with Gasteiger partial charge in [0.2, 0.25) is 6.10 Å². The predicted molar refractivity (Wildman–Crippen MR) is 140 cm³/mol. The summed E-state index contributed by atoms with van der Waals surface area (Å²) in [5, 5.41) is 12.2. The zero-order valence-corrected chi connectivity index (χ0v) is 22.7. The number of carbonyl (C=O) groups excluding carboxylic acids is 2. The first-order valence-corrected chi connectivity index (χ1v) is 13.5. The quantitative estimate of drug-likeness (QED) is 0.516. The van der Waals surface area contributed by atoms with Gasteiger partial charge in [0.1, 0.15) is 11.4 Å². The van der Waals surface area contributed by atoms with Gasteiger partial charge in [0.05, 0.1) is 18.1 Å². The number of rotatable bonds is 5. The van der Waals surface area contributed by atoms with Gasteiger partial charge in [-0.15, -0.1) is 0 Å². The molecule has 2 aromatic carbocycles. The van der Waals surface area contributed by atoms with Gasteiger partial charge in [0.25, 0.3) is 0 Å². The van der Waals surface area contributed by atoms with E-state index in [-0.39, 0.29) is 5.92 Å². The molecule has 4 aliphatic rings. The molecule has 206 valence electrons. The van der Waals surface area contributed by atoms with Crippen molar-refractivity contribution in [1.82, 2.24) is 0 Å². The summed E-state index contributed by atoms with van der Waals surface area (Å²) in [5.41, 5.74) is -0.0123. The number of esters is 1. The van der Waals surface area contributed by atoms with Crippen LogP contribution in [0.4, 0.5) is 4.79 Å². The number of aliphatic hydroxyl groups is 1. The molecular formula is C31H34O8. The molecule has 0 saturated heterocycles. The van der Waals surface area contributed by atoms with Crippen LogP contribution in [0.5, 0.6) is 11.5 Å². The average molecular weight is 535 g/mol. The van der Waals surface area contributed by atoms with Crippen molar-refractivity contribution in [2.75, 3.05) is 7.11 Å². The normalized spacial score (nSPS) is 28.8. The smallest absolute Gasteiger partial charge is 0.493 e. The van der Waals surface area contributed by atoms with Crippen molar-refractivity contribution in [3.63, 3.8) is 0 Å². The van der Waals surface area contributed by atoms with Crippen molar-refractivity contribution < 1.29 is 38.4 Å². The molecule has 1 heterocycles. The molecule has 3 aliphatic carbocycles. The van der Waals surface area contributed by atoms with Crippen molar-refractivity contribution in [2.45, 2.75) is 81.7 Å². The van der Waals surface area contributed by atoms with Crippen LogP contribution in [0.2, 0.25) is 0 Å². The van der Waals surface area contributed by atoms with E-state index in [0.29, 0.717) is 35.7 Å². The molecule has 5 atom stereocenters. The van der Waals surface area contributed by atoms with Crippen LogP contribution in [0.15, 0.2) is 54.3 Å². The van der Waals surface area contributed by atoms with Crippen LogP contribution in [0.1, 0.15) is 69.2 Å². The number of ether oxygens (including phenoxy) is 5. The highest BCUT2D eigenvalue weighted by atomic mass is 16.7. The monoisotopic (exact) mass is 534 g/mol. The summed E-state index contributed by atoms with van der Waals surface area (Å²) in [7, 11) is 1.59. The minimum atomic E-state index is -1.35. The molecule has 1 fully saturated rings. The molecule has 1 spiro atoms. The zero-order valence-electron chi connectivity index (χ0n) is 22.7. The average Bonchev–Trinajstić information content (AvgIpc) is 3.23. The lowest BCUT2D eigenvalue weighted by Gasteiger charge is -2.59. The summed E-state index contributed by atoms with van der Waals surface area (Å²) in [6.45, 7) is 5.16. The first kappa shape index (κ1) is 25.7. The van der Waals surface area contributed by atoms with Crippen LogP contribution < -0.4 is 9.47 Å². The fourth-order valence-electron chi connectivity index (χ4n) is 7.10. The molecule has 8 nitrogen and oxygen atoms in total. The summed E-state index contributed by atoms with van der Waals surface area (Å²) in [4.78, 5) is 26.2. The van der Waals surface area contributed by atoms with Crippen molar-refractivity contribution in [2.24, 2.45) is 5.92 Å². The van der Waals surface area contributed by atoms with Gasteiger partial charge in [-0.3, -0.25) is 0 Å². The number of benzene rings is 2. The molecule has 2 aromatic rings. The van der Waals surface area contributed by atoms with Crippen LogP contribution in [-0.2, 0) is 30.8 Å². The van der Waals surface area contributed by atoms with E-state index >= 15 is 0 Å². The van der Waals surface area contributed by atoms with E-state index in [9.17, 15) is 14.7 Å². The highest BCUT2D eigenvalue weighted by molar-refractivity contribution is 5.80. The second-order valence-corrected chi connectivity index (χ2v) is 11.9. The van der Waals surface area contributed by atoms with E-state index in [1.54, 1.807) is 64.3 Å². The van der Waals surface area contributed by atoms with E-state index < -0.39 is 40.9 Å². The molecule has 0 amide bonds. The van der Waals surface area contributed by atoms with Crippen LogP contribution in [0, 0.1) is 5.92 Å². The summed E-state index contributed by atoms with van der Waals surface area (Å²) in [6, 6.07) is 12.7. The fourth-order valence-corrected chi connectivity index (χ4v) is 7.10. The Morgan fingerprint density at radius 3 is 2.62 bits per heavy atom. The molecule has 8 heteroatoms. The van der Waals surface area contributed by atoms with Gasteiger partial charge in [-0.25, -0.2) is 9.59 Å². The summed E-state index contributed by atoms with van der Waals surface area (Å²) < 4.78 is 29.0. The fraction of sp³-hybridized carbons (Fsp3) is 0.484. The van der Waals surface area contributed by atoms with Gasteiger partial charge >= 0.3 is 12.1 Å². The minimum absolute atomic E-state index is 0.0743. The highest BCUT2D eigenvalue weighted by Crippen LogP contribution is 2.67. The van der Waals surface area contributed by atoms with E-state index in [1.807, 2.05) is 6.07 Å². The Labute approximate surface area is 227 Å². The molecule has 2 bridgehead atoms. The second-order valence-electron chi connectivity index (χ2n) is 11.9. The Kier molecular flexibility index (Phi) is 5.95. The molecule has 1 aliphatic heterocycles. The van der Waals surface area contributed by atoms with Crippen molar-refractivity contribution >= 4 is 12.1 Å². The van der Waals surface area contributed by atoms with E-state index in [0.717, 1.165) is 30.4 Å². The Morgan fingerprint density at radius 2 is 1.90 bits per heavy atom. The van der Waals surface area contributed by atoms with Gasteiger partial charge in [0.15, 0.2) is 17.6 Å². The third-order valence-corrected chi connectivity index (χ3v) is 8.61. The van der Waals surface area contributed by atoms with Gasteiger partial charge in [-0.1, -0.05) is 42.8 Å². The largest absolute Gasteiger partial charge is 0.510 e. The summed E-state index contributed by atoms with van der Waals surface area (Å²) in [6.07, 6.45) is 2.38. The van der Waals surface area contributed by atoms with E-state index in [1.165, 1.54) is 0 Å². The molecule has 1 saturated carbocycles. The topological polar surface area (TPSA) is 101 Å². The van der Waals surface area contributed by atoms with Crippen LogP contribution in [0.25, 0.3) is 0 Å². The number of hydrogen-bond acceptors (Lipinski definition) is 8. The first-order valence-electron chi connectivity index (χ1n) is 13.5. The Hall–Kier alpha value is -3.52. The number of carbonyl (C=O) groups is 2. The lowest BCUT2D eigenvalue weighted by atomic mass is 9.47. The molecule has 6 rings (SSSR count). The van der Waals surface area contributed by atoms with Crippen LogP contribution in [-0.4, -0.2) is 41.6 Å². The van der Waals surface area contributed by atoms with Crippen LogP contribution >= 0.6 is 0 Å². The van der Waals surface area contributed by atoms with Gasteiger partial charge in [-0.2, -0.15) is 0 Å². The molecule has 0 radical (unpaired) electrons. The first-order chi connectivity index (χ1) is 18.6. The minimum Gasteiger partial charge on any atom is -0.493 e. The lowest BCUT2D eigenvalue weighted by molar-refractivity contribution is -0.166. The Morgan fingerprint density at radius 1 is 1.13 bits per heavy atom. The molecule has 0 unspecified atom stereocenters. The predicted octanol–water partition coefficient (Wildman–Crippen LogP) is 5.31. The molecule has 0 aromatic heterocycles. The standard InChI is InChI=1S/C31H34O8/c1-29(2,3)39-28(33)38-24(18-9-6-5-7-10-18)27(32)36-22-14-16-31(34)20-11-8-15-30(31)23-19(17-20)12-13-21(35-4)25(23)37-26(22)30/h5-7,9-10,12-14,20,24,26,34H,8,11,15-17H2,1-4H3/t20-,24+,26+,30+,31-/m1/s1. The molecular weight excluding hydrogens is 500 g/mol. The SMILES string of the molecule is COc1ccc2c3c1O[C@H]1C(OC(=O)[C@@H](OC(=O)OC(C)(C)C)c4ccccc4)=CC[C@@]4(O)[C@H](CCC[C@]314)C2. The maximum Gasteiger partial charge on any atom is 0.510 e. The zero-order chi connectivity index (χ0) is 27.6. The Bertz CT molecular complexity index is 1340. The van der Waals surface area contributed by atoms with E-state index in [2.05, 4.69) is 6.07 Å². The van der Waals surface area contributed by atoms with Crippen molar-refractivity contribution in [1.29, 1.82) is 0 Å². The molecule has 1 N–H and O–H groups in total. The number of methoxy groups -OCH3 is 1. The van der Waals surface area contributed by atoms with Gasteiger partial charge in [0, 0.05) is 11.1 Å². The Balaban J connectivity index is 1.36. The third-order valence-electron chi connectivity index (χ3n) is 8.61. The highest BCUT2D eigenvalue weighted by Gasteiger charge is 2.71. The van der Waals surface area contributed by atoms with Crippen LogP contribution in [0.3, 0.4) is 0 Å². The van der Waals surface area contributed by atoms with Gasteiger partial charge < -0.3 is 28.8 Å². The van der Waals surface area contributed by atoms with Gasteiger partial charge in [-0.05, 0) is 70.1 Å². The van der Waals surface area contributed by atoms with Crippen molar-refractivity contribution in [3.8, 4) is 11.5 Å². The summed E-state index contributed by atoms with van der Waals surface area (Å²) >= 11 is 0. The second kappa shape index (κ2) is 9.01. The van der Waals surface area contributed by atoms with E-state index in [4.69, 9.17) is 23.7 Å². The third kappa shape index (κ3) is 3.91. The summed E-state index contributed by atoms with van der Waals surface area (Å²) in [5.74, 6) is 0.808.